The molecular formula is C21H15F5N4O4. The van der Waals surface area contributed by atoms with Gasteiger partial charge in [-0.3, -0.25) is 4.79 Å². The number of ketones is 1. The number of aromatic nitrogens is 4. The van der Waals surface area contributed by atoms with Gasteiger partial charge in [-0.25, -0.2) is 4.68 Å². The molecule has 1 atom stereocenters. The average Bonchev–Trinajstić information content (AvgIpc) is 3.30. The van der Waals surface area contributed by atoms with E-state index in [0.717, 1.165) is 10.9 Å². The number of alkyl halides is 5. The summed E-state index contributed by atoms with van der Waals surface area (Å²) in [5.74, 6) is -0.821. The standard InChI is InChI=1S/C21H15F5N4O4/c1-10(11-5-6-15-16(7-11)34-21(25,26)33-15)32-17-8-12(9-27-28-17)30-18-13(3-2-4-14(18)31)19(29-30)20(22,23)24/h5-10H,2-4H2,1H3/t10-/m0/s1. The van der Waals surface area contributed by atoms with E-state index in [1.807, 2.05) is 0 Å². The van der Waals surface area contributed by atoms with Gasteiger partial charge in [0, 0.05) is 18.1 Å². The van der Waals surface area contributed by atoms with E-state index in [-0.39, 0.29) is 47.2 Å². The number of benzene rings is 1. The average molecular weight is 482 g/mol. The first-order chi connectivity index (χ1) is 16.0. The highest BCUT2D eigenvalue weighted by Gasteiger charge is 2.44. The number of rotatable bonds is 4. The molecule has 34 heavy (non-hydrogen) atoms. The second-order valence-electron chi connectivity index (χ2n) is 7.75. The van der Waals surface area contributed by atoms with Crippen molar-refractivity contribution in [1.82, 2.24) is 20.0 Å². The van der Waals surface area contributed by atoms with Crippen molar-refractivity contribution in [3.63, 3.8) is 0 Å². The molecule has 2 aliphatic rings. The van der Waals surface area contributed by atoms with Crippen LogP contribution in [0.3, 0.4) is 0 Å². The second-order valence-corrected chi connectivity index (χ2v) is 7.75. The Balaban J connectivity index is 1.44. The van der Waals surface area contributed by atoms with Crippen molar-refractivity contribution in [1.29, 1.82) is 0 Å². The molecule has 0 spiro atoms. The summed E-state index contributed by atoms with van der Waals surface area (Å²) in [6.45, 7) is 1.60. The number of halogens is 5. The third kappa shape index (κ3) is 3.90. The fourth-order valence-corrected chi connectivity index (χ4v) is 3.91. The molecule has 2 aromatic heterocycles. The topological polar surface area (TPSA) is 88.4 Å². The molecule has 8 nitrogen and oxygen atoms in total. The Kier molecular flexibility index (Phi) is 4.95. The normalized spacial score (nSPS) is 17.4. The van der Waals surface area contributed by atoms with E-state index in [4.69, 9.17) is 4.74 Å². The largest absolute Gasteiger partial charge is 0.586 e. The minimum Gasteiger partial charge on any atom is -0.469 e. The Labute approximate surface area is 188 Å². The Morgan fingerprint density at radius 3 is 2.68 bits per heavy atom. The summed E-state index contributed by atoms with van der Waals surface area (Å²) in [5.41, 5.74) is -0.890. The van der Waals surface area contributed by atoms with Crippen molar-refractivity contribution in [2.75, 3.05) is 0 Å². The quantitative estimate of drug-likeness (QED) is 0.500. The molecule has 1 aliphatic heterocycles. The first-order valence-corrected chi connectivity index (χ1v) is 10.1. The van der Waals surface area contributed by atoms with E-state index in [1.54, 1.807) is 6.92 Å². The van der Waals surface area contributed by atoms with Crippen LogP contribution in [-0.2, 0) is 12.6 Å². The maximum atomic E-state index is 13.5. The Hall–Kier alpha value is -3.77. The summed E-state index contributed by atoms with van der Waals surface area (Å²) >= 11 is 0. The summed E-state index contributed by atoms with van der Waals surface area (Å²) in [5, 5.41) is 11.2. The molecule has 5 rings (SSSR count). The van der Waals surface area contributed by atoms with E-state index in [0.29, 0.717) is 12.0 Å². The van der Waals surface area contributed by atoms with Gasteiger partial charge in [0.2, 0.25) is 5.88 Å². The molecule has 1 aliphatic carbocycles. The van der Waals surface area contributed by atoms with Gasteiger partial charge >= 0.3 is 12.5 Å². The third-order valence-corrected chi connectivity index (χ3v) is 5.40. The fraction of sp³-hybridized carbons (Fsp3) is 0.333. The molecule has 1 aromatic carbocycles. The minimum atomic E-state index is -4.72. The van der Waals surface area contributed by atoms with Crippen LogP contribution >= 0.6 is 0 Å². The molecule has 0 saturated carbocycles. The van der Waals surface area contributed by atoms with Crippen LogP contribution in [0.1, 0.15) is 53.2 Å². The molecule has 0 N–H and O–H groups in total. The monoisotopic (exact) mass is 482 g/mol. The first-order valence-electron chi connectivity index (χ1n) is 10.1. The predicted octanol–water partition coefficient (Wildman–Crippen LogP) is 4.66. The number of hydrogen-bond acceptors (Lipinski definition) is 7. The Morgan fingerprint density at radius 2 is 1.91 bits per heavy atom. The van der Waals surface area contributed by atoms with Gasteiger partial charge in [-0.05, 0) is 37.5 Å². The van der Waals surface area contributed by atoms with Crippen molar-refractivity contribution in [3.05, 3.63) is 53.0 Å². The van der Waals surface area contributed by atoms with E-state index in [1.165, 1.54) is 24.3 Å². The van der Waals surface area contributed by atoms with E-state index in [2.05, 4.69) is 24.8 Å². The lowest BCUT2D eigenvalue weighted by atomic mass is 9.94. The first kappa shape index (κ1) is 22.0. The highest BCUT2D eigenvalue weighted by Crippen LogP contribution is 2.42. The van der Waals surface area contributed by atoms with Gasteiger partial charge in [0.05, 0.1) is 11.9 Å². The number of nitrogens with zero attached hydrogens (tertiary/aromatic N) is 4. The SMILES string of the molecule is C[C@H](Oc1cc(-n2nc(C(F)(F)F)c3c2C(=O)CCC3)cnn1)c1ccc2c(c1)OC(F)(F)O2. The molecule has 0 fully saturated rings. The van der Waals surface area contributed by atoms with Crippen LogP contribution in [0.5, 0.6) is 17.4 Å². The van der Waals surface area contributed by atoms with Crippen molar-refractivity contribution in [2.24, 2.45) is 0 Å². The molecule has 178 valence electrons. The molecule has 0 radical (unpaired) electrons. The second kappa shape index (κ2) is 7.64. The lowest BCUT2D eigenvalue weighted by Gasteiger charge is -2.16. The van der Waals surface area contributed by atoms with Crippen LogP contribution in [0.2, 0.25) is 0 Å². The van der Waals surface area contributed by atoms with Crippen LogP contribution in [0.25, 0.3) is 5.69 Å². The van der Waals surface area contributed by atoms with Crippen molar-refractivity contribution < 1.29 is 41.0 Å². The van der Waals surface area contributed by atoms with Crippen LogP contribution in [0.4, 0.5) is 22.0 Å². The van der Waals surface area contributed by atoms with E-state index >= 15 is 0 Å². The number of ether oxygens (including phenoxy) is 3. The zero-order valence-electron chi connectivity index (χ0n) is 17.4. The van der Waals surface area contributed by atoms with Crippen molar-refractivity contribution in [3.8, 4) is 23.1 Å². The van der Waals surface area contributed by atoms with Gasteiger partial charge in [-0.2, -0.15) is 23.4 Å². The van der Waals surface area contributed by atoms with Gasteiger partial charge in [0.1, 0.15) is 11.8 Å². The number of hydrogen-bond donors (Lipinski definition) is 0. The van der Waals surface area contributed by atoms with Crippen molar-refractivity contribution >= 4 is 5.78 Å². The zero-order chi connectivity index (χ0) is 24.3. The highest BCUT2D eigenvalue weighted by atomic mass is 19.4. The number of carbonyl (C=O) groups is 1. The van der Waals surface area contributed by atoms with Crippen LogP contribution in [0, 0.1) is 0 Å². The molecular weight excluding hydrogens is 467 g/mol. The van der Waals surface area contributed by atoms with Gasteiger partial charge in [-0.1, -0.05) is 6.07 Å². The molecule has 0 bridgehead atoms. The number of carbonyl (C=O) groups excluding carboxylic acids is 1. The summed E-state index contributed by atoms with van der Waals surface area (Å²) in [6, 6.07) is 5.40. The Bertz CT molecular complexity index is 1290. The lowest BCUT2D eigenvalue weighted by Crippen LogP contribution is -2.25. The number of Topliss-reactive ketones (excluding diaryl/α,β-unsaturated/α-hetero) is 1. The van der Waals surface area contributed by atoms with Gasteiger partial charge in [0.25, 0.3) is 0 Å². The van der Waals surface area contributed by atoms with E-state index in [9.17, 15) is 26.7 Å². The number of fused-ring (bicyclic) bond motifs is 2. The summed E-state index contributed by atoms with van der Waals surface area (Å²) < 4.78 is 82.4. The zero-order valence-corrected chi connectivity index (χ0v) is 17.4. The molecule has 3 heterocycles. The van der Waals surface area contributed by atoms with Crippen LogP contribution in [0.15, 0.2) is 30.5 Å². The Morgan fingerprint density at radius 1 is 1.15 bits per heavy atom. The predicted molar refractivity (Wildman–Crippen MR) is 103 cm³/mol. The van der Waals surface area contributed by atoms with Crippen LogP contribution in [-0.4, -0.2) is 32.1 Å². The minimum absolute atomic E-state index is 0.0597. The summed E-state index contributed by atoms with van der Waals surface area (Å²) in [7, 11) is 0. The molecule has 0 unspecified atom stereocenters. The highest BCUT2D eigenvalue weighted by molar-refractivity contribution is 5.97. The maximum Gasteiger partial charge on any atom is 0.586 e. The summed E-state index contributed by atoms with van der Waals surface area (Å²) in [4.78, 5) is 12.4. The third-order valence-electron chi connectivity index (χ3n) is 5.40. The fourth-order valence-electron chi connectivity index (χ4n) is 3.91. The van der Waals surface area contributed by atoms with Crippen molar-refractivity contribution in [2.45, 2.75) is 44.8 Å². The van der Waals surface area contributed by atoms with E-state index < -0.39 is 30.1 Å². The molecule has 0 amide bonds. The lowest BCUT2D eigenvalue weighted by molar-refractivity contribution is -0.286. The maximum absolute atomic E-state index is 13.5. The molecule has 3 aromatic rings. The molecule has 13 heteroatoms. The van der Waals surface area contributed by atoms with Gasteiger partial charge in [0.15, 0.2) is 23.0 Å². The molecule has 0 saturated heterocycles. The summed E-state index contributed by atoms with van der Waals surface area (Å²) in [6.07, 6.45) is -7.56. The van der Waals surface area contributed by atoms with Gasteiger partial charge in [-0.15, -0.1) is 13.9 Å². The smallest absolute Gasteiger partial charge is 0.469 e. The van der Waals surface area contributed by atoms with Gasteiger partial charge < -0.3 is 14.2 Å². The van der Waals surface area contributed by atoms with Crippen LogP contribution < -0.4 is 14.2 Å².